The van der Waals surface area contributed by atoms with E-state index in [1.54, 1.807) is 24.3 Å². The third kappa shape index (κ3) is 2.42. The fourth-order valence-electron chi connectivity index (χ4n) is 1.50. The maximum Gasteiger partial charge on any atom is 0.133 e. The average Bonchev–Trinajstić information content (AvgIpc) is 2.29. The first kappa shape index (κ1) is 12.7. The van der Waals surface area contributed by atoms with Crippen LogP contribution in [0, 0.1) is 11.6 Å². The number of benzene rings is 2. The molecule has 88 valence electrons. The van der Waals surface area contributed by atoms with E-state index in [0.29, 0.717) is 0 Å². The monoisotopic (exact) mass is 288 g/mol. The van der Waals surface area contributed by atoms with Gasteiger partial charge in [0.2, 0.25) is 0 Å². The van der Waals surface area contributed by atoms with Gasteiger partial charge in [-0.1, -0.05) is 47.3 Å². The van der Waals surface area contributed by atoms with Crippen LogP contribution in [0.2, 0.25) is 0 Å². The lowest BCUT2D eigenvalue weighted by Gasteiger charge is -2.16. The lowest BCUT2D eigenvalue weighted by atomic mass is 10.3. The molecule has 0 aliphatic rings. The standard InChI is InChI=1S/C12H8ClF2PS/c13-16(17,11-7-3-1-5-9(11)14)12-8-4-2-6-10(12)15/h1-8H. The topological polar surface area (TPSA) is 0 Å². The minimum atomic E-state index is -2.92. The number of hydrogen-bond donors (Lipinski definition) is 0. The fraction of sp³-hybridized carbons (Fsp3) is 0. The van der Waals surface area contributed by atoms with Crippen molar-refractivity contribution in [2.24, 2.45) is 0 Å². The molecule has 0 bridgehead atoms. The first-order chi connectivity index (χ1) is 8.03. The summed E-state index contributed by atoms with van der Waals surface area (Å²) in [4.78, 5) is 0. The molecule has 0 saturated heterocycles. The summed E-state index contributed by atoms with van der Waals surface area (Å²) in [5.41, 5.74) is 0. The third-order valence-corrected chi connectivity index (χ3v) is 6.56. The van der Waals surface area contributed by atoms with E-state index in [9.17, 15) is 8.78 Å². The smallest absolute Gasteiger partial charge is 0.133 e. The predicted molar refractivity (Wildman–Crippen MR) is 72.2 cm³/mol. The maximum atomic E-state index is 13.7. The maximum absolute atomic E-state index is 13.7. The van der Waals surface area contributed by atoms with E-state index in [-0.39, 0.29) is 10.6 Å². The summed E-state index contributed by atoms with van der Waals surface area (Å²) in [5.74, 6) is -0.983. The first-order valence-corrected chi connectivity index (χ1v) is 8.54. The highest BCUT2D eigenvalue weighted by Crippen LogP contribution is 2.50. The molecule has 0 nitrogen and oxygen atoms in total. The summed E-state index contributed by atoms with van der Waals surface area (Å²) >= 11 is 11.5. The Bertz CT molecular complexity index is 551. The van der Waals surface area contributed by atoms with Crippen LogP contribution < -0.4 is 10.6 Å². The molecule has 0 amide bonds. The summed E-state index contributed by atoms with van der Waals surface area (Å²) < 4.78 is 27.3. The highest BCUT2D eigenvalue weighted by atomic mass is 35.7. The highest BCUT2D eigenvalue weighted by Gasteiger charge is 2.25. The zero-order valence-corrected chi connectivity index (χ0v) is 11.1. The van der Waals surface area contributed by atoms with Gasteiger partial charge in [0.05, 0.1) is 5.39 Å². The molecule has 0 saturated carbocycles. The van der Waals surface area contributed by atoms with Crippen molar-refractivity contribution in [3.05, 3.63) is 60.2 Å². The lowest BCUT2D eigenvalue weighted by molar-refractivity contribution is 0.634. The molecule has 0 spiro atoms. The van der Waals surface area contributed by atoms with Crippen LogP contribution in [0.4, 0.5) is 8.78 Å². The van der Waals surface area contributed by atoms with Crippen molar-refractivity contribution in [2.75, 3.05) is 0 Å². The van der Waals surface area contributed by atoms with Crippen molar-refractivity contribution in [1.82, 2.24) is 0 Å². The Labute approximate surface area is 108 Å². The normalized spacial score (nSPS) is 11.5. The number of rotatable bonds is 2. The van der Waals surface area contributed by atoms with Gasteiger partial charge in [0.25, 0.3) is 0 Å². The average molecular weight is 289 g/mol. The summed E-state index contributed by atoms with van der Waals surface area (Å²) in [7, 11) is 0. The van der Waals surface area contributed by atoms with Gasteiger partial charge < -0.3 is 0 Å². The van der Waals surface area contributed by atoms with Crippen LogP contribution in [-0.4, -0.2) is 0 Å². The summed E-state index contributed by atoms with van der Waals surface area (Å²) in [6.45, 7) is 0. The Morgan fingerprint density at radius 2 is 1.18 bits per heavy atom. The second kappa shape index (κ2) is 4.85. The molecule has 2 rings (SSSR count). The van der Waals surface area contributed by atoms with Crippen LogP contribution in [-0.2, 0) is 11.8 Å². The van der Waals surface area contributed by atoms with Crippen LogP contribution in [0.25, 0.3) is 0 Å². The van der Waals surface area contributed by atoms with Crippen molar-refractivity contribution >= 4 is 39.0 Å². The molecule has 0 N–H and O–H groups in total. The van der Waals surface area contributed by atoms with Gasteiger partial charge in [0.15, 0.2) is 0 Å². The quantitative estimate of drug-likeness (QED) is 0.762. The van der Waals surface area contributed by atoms with Gasteiger partial charge in [-0.15, -0.1) is 0 Å². The molecule has 2 aromatic carbocycles. The number of hydrogen-bond acceptors (Lipinski definition) is 1. The van der Waals surface area contributed by atoms with E-state index in [1.807, 2.05) is 0 Å². The molecule has 0 atom stereocenters. The molecule has 0 heterocycles. The number of halogens is 3. The Kier molecular flexibility index (Phi) is 3.62. The molecular weight excluding hydrogens is 281 g/mol. The van der Waals surface area contributed by atoms with Gasteiger partial charge >= 0.3 is 0 Å². The van der Waals surface area contributed by atoms with E-state index in [0.717, 1.165) is 0 Å². The van der Waals surface area contributed by atoms with Gasteiger partial charge in [0.1, 0.15) is 11.6 Å². The lowest BCUT2D eigenvalue weighted by Crippen LogP contribution is -2.17. The Balaban J connectivity index is 2.63. The molecule has 0 radical (unpaired) electrons. The van der Waals surface area contributed by atoms with Crippen molar-refractivity contribution in [3.63, 3.8) is 0 Å². The van der Waals surface area contributed by atoms with E-state index >= 15 is 0 Å². The second-order valence-electron chi connectivity index (χ2n) is 3.44. The van der Waals surface area contributed by atoms with E-state index in [1.165, 1.54) is 24.3 Å². The largest absolute Gasteiger partial charge is 0.206 e. The molecule has 0 aliphatic heterocycles. The molecule has 2 aromatic rings. The van der Waals surface area contributed by atoms with Crippen LogP contribution in [0.15, 0.2) is 48.5 Å². The summed E-state index contributed by atoms with van der Waals surface area (Å²) in [6.07, 6.45) is 0. The van der Waals surface area contributed by atoms with Crippen molar-refractivity contribution in [3.8, 4) is 0 Å². The Morgan fingerprint density at radius 3 is 1.53 bits per heavy atom. The molecule has 0 aromatic heterocycles. The predicted octanol–water partition coefficient (Wildman–Crippen LogP) is 3.55. The van der Waals surface area contributed by atoms with Crippen molar-refractivity contribution in [2.45, 2.75) is 0 Å². The minimum absolute atomic E-state index is 0.196. The SMILES string of the molecule is Fc1ccccc1P(=S)(Cl)c1ccccc1F. The summed E-state index contributed by atoms with van der Waals surface area (Å²) in [6, 6.07) is 12.0. The molecule has 0 aliphatic carbocycles. The third-order valence-electron chi connectivity index (χ3n) is 2.32. The van der Waals surface area contributed by atoms with Crippen LogP contribution in [0.3, 0.4) is 0 Å². The van der Waals surface area contributed by atoms with Crippen molar-refractivity contribution < 1.29 is 8.78 Å². The van der Waals surface area contributed by atoms with Crippen LogP contribution >= 0.6 is 16.6 Å². The fourth-order valence-corrected chi connectivity index (χ4v) is 4.72. The molecular formula is C12H8ClF2PS. The minimum Gasteiger partial charge on any atom is -0.206 e. The van der Waals surface area contributed by atoms with Crippen molar-refractivity contribution in [1.29, 1.82) is 0 Å². The first-order valence-electron chi connectivity index (χ1n) is 4.83. The van der Waals surface area contributed by atoms with E-state index in [4.69, 9.17) is 23.0 Å². The van der Waals surface area contributed by atoms with Crippen LogP contribution in [0.5, 0.6) is 0 Å². The van der Waals surface area contributed by atoms with Gasteiger partial charge in [-0.3, -0.25) is 0 Å². The second-order valence-corrected chi connectivity index (χ2v) is 9.23. The molecule has 5 heteroatoms. The molecule has 17 heavy (non-hydrogen) atoms. The van der Waals surface area contributed by atoms with E-state index in [2.05, 4.69) is 0 Å². The zero-order valence-electron chi connectivity index (χ0n) is 8.61. The molecule has 0 unspecified atom stereocenters. The molecule has 0 fully saturated rings. The van der Waals surface area contributed by atoms with Gasteiger partial charge in [0, 0.05) is 10.6 Å². The van der Waals surface area contributed by atoms with Gasteiger partial charge in [-0.2, -0.15) is 0 Å². The highest BCUT2D eigenvalue weighted by molar-refractivity contribution is 8.34. The summed E-state index contributed by atoms with van der Waals surface area (Å²) in [5, 5.41) is -2.52. The van der Waals surface area contributed by atoms with Gasteiger partial charge in [-0.25, -0.2) is 8.78 Å². The van der Waals surface area contributed by atoms with Crippen LogP contribution in [0.1, 0.15) is 0 Å². The van der Waals surface area contributed by atoms with E-state index < -0.39 is 17.0 Å². The Morgan fingerprint density at radius 1 is 0.824 bits per heavy atom. The zero-order chi connectivity index (χ0) is 12.5. The van der Waals surface area contributed by atoms with Gasteiger partial charge in [-0.05, 0) is 24.3 Å². The Hall–Kier alpha value is -0.760.